The van der Waals surface area contributed by atoms with Crippen LogP contribution in [0.5, 0.6) is 11.5 Å². The largest absolute Gasteiger partial charge is 0.467 e. The lowest BCUT2D eigenvalue weighted by molar-refractivity contribution is -0.142. The summed E-state index contributed by atoms with van der Waals surface area (Å²) in [5.74, 6) is -1.79. The van der Waals surface area contributed by atoms with Gasteiger partial charge in [0.15, 0.2) is 16.7 Å². The number of amides is 2. The van der Waals surface area contributed by atoms with E-state index in [1.165, 1.54) is 32.4 Å². The molecule has 2 aromatic carbocycles. The third-order valence-corrected chi connectivity index (χ3v) is 6.71. The molecule has 9 nitrogen and oxygen atoms in total. The second-order valence-electron chi connectivity index (χ2n) is 8.26. The summed E-state index contributed by atoms with van der Waals surface area (Å²) < 4.78 is 25.9. The molecule has 0 aliphatic carbocycles. The van der Waals surface area contributed by atoms with Crippen LogP contribution in [0.1, 0.15) is 22.2 Å². The van der Waals surface area contributed by atoms with Crippen LogP contribution in [0.2, 0.25) is 0 Å². The van der Waals surface area contributed by atoms with Crippen molar-refractivity contribution in [1.82, 2.24) is 15.6 Å². The highest BCUT2D eigenvalue weighted by Gasteiger charge is 2.20. The van der Waals surface area contributed by atoms with E-state index < -0.39 is 23.7 Å². The van der Waals surface area contributed by atoms with Crippen molar-refractivity contribution in [3.8, 4) is 11.5 Å². The number of thiocarbonyl (C=S) groups is 1. The Balaban J connectivity index is 1.41. The molecule has 1 unspecified atom stereocenters. The van der Waals surface area contributed by atoms with Crippen molar-refractivity contribution >= 4 is 62.4 Å². The number of carbonyl (C=O) groups is 3. The van der Waals surface area contributed by atoms with Gasteiger partial charge in [0.05, 0.1) is 28.6 Å². The second-order valence-corrected chi connectivity index (χ2v) is 9.72. The summed E-state index contributed by atoms with van der Waals surface area (Å²) in [6.07, 6.45) is 1.63. The number of nitrogens with zero attached hydrogens (tertiary/aromatic N) is 1. The predicted molar refractivity (Wildman–Crippen MR) is 150 cm³/mol. The van der Waals surface area contributed by atoms with Crippen LogP contribution < -0.4 is 20.7 Å². The Morgan fingerprint density at radius 1 is 1.08 bits per heavy atom. The topological polar surface area (TPSA) is 119 Å². The molecule has 200 valence electrons. The fourth-order valence-corrected chi connectivity index (χ4v) is 4.71. The van der Waals surface area contributed by atoms with Crippen LogP contribution in [0, 0.1) is 5.82 Å². The fourth-order valence-electron chi connectivity index (χ4n) is 3.50. The second kappa shape index (κ2) is 12.4. The predicted octanol–water partition coefficient (Wildman–Crippen LogP) is 4.57. The molecule has 0 spiro atoms. The lowest BCUT2D eigenvalue weighted by atomic mass is 10.1. The molecule has 0 aliphatic heterocycles. The molecule has 0 saturated carbocycles. The van der Waals surface area contributed by atoms with Crippen molar-refractivity contribution < 1.29 is 28.2 Å². The Morgan fingerprint density at radius 3 is 2.56 bits per heavy atom. The van der Waals surface area contributed by atoms with Crippen LogP contribution in [0.3, 0.4) is 0 Å². The first-order valence-electron chi connectivity index (χ1n) is 11.6. The van der Waals surface area contributed by atoms with E-state index in [1.807, 2.05) is 30.3 Å². The van der Waals surface area contributed by atoms with Gasteiger partial charge in [0, 0.05) is 24.0 Å². The van der Waals surface area contributed by atoms with E-state index >= 15 is 0 Å². The quantitative estimate of drug-likeness (QED) is 0.210. The molecule has 0 radical (unpaired) electrons. The number of halogens is 1. The van der Waals surface area contributed by atoms with Crippen molar-refractivity contribution in [3.63, 3.8) is 0 Å². The van der Waals surface area contributed by atoms with Gasteiger partial charge in [-0.2, -0.15) is 0 Å². The van der Waals surface area contributed by atoms with Crippen LogP contribution in [0.15, 0.2) is 66.9 Å². The number of rotatable bonds is 8. The lowest BCUT2D eigenvalue weighted by Gasteiger charge is -2.12. The van der Waals surface area contributed by atoms with E-state index in [4.69, 9.17) is 17.0 Å². The molecular formula is C27H23FN4O5S2. The number of nitrogens with one attached hydrogen (secondary N) is 3. The van der Waals surface area contributed by atoms with E-state index in [9.17, 15) is 18.8 Å². The van der Waals surface area contributed by atoms with E-state index in [-0.39, 0.29) is 23.2 Å². The molecule has 12 heteroatoms. The number of methoxy groups -OCH3 is 1. The smallest absolute Gasteiger partial charge is 0.328 e. The molecule has 1 atom stereocenters. The monoisotopic (exact) mass is 566 g/mol. The maximum atomic E-state index is 14.9. The van der Waals surface area contributed by atoms with Gasteiger partial charge >= 0.3 is 5.97 Å². The summed E-state index contributed by atoms with van der Waals surface area (Å²) in [6.45, 7) is 1.51. The summed E-state index contributed by atoms with van der Waals surface area (Å²) in [7, 11) is 1.24. The normalized spacial score (nSPS) is 11.4. The Hall–Kier alpha value is -4.42. The van der Waals surface area contributed by atoms with E-state index in [2.05, 4.69) is 25.7 Å². The number of anilines is 1. The molecule has 3 N–H and O–H groups in total. The highest BCUT2D eigenvalue weighted by molar-refractivity contribution is 7.80. The molecule has 2 amide bonds. The van der Waals surface area contributed by atoms with Crippen molar-refractivity contribution in [2.75, 3.05) is 12.4 Å². The van der Waals surface area contributed by atoms with Gasteiger partial charge in [-0.3, -0.25) is 14.6 Å². The molecule has 0 fully saturated rings. The molecule has 0 aliphatic rings. The summed E-state index contributed by atoms with van der Waals surface area (Å²) in [6, 6.07) is 15.6. The minimum absolute atomic E-state index is 0.0331. The fraction of sp³-hybridized carbons (Fsp3) is 0.148. The Labute approximate surface area is 232 Å². The lowest BCUT2D eigenvalue weighted by Crippen LogP contribution is -2.38. The Bertz CT molecular complexity index is 1540. The molecule has 0 bridgehead atoms. The average Bonchev–Trinajstić information content (AvgIpc) is 3.36. The maximum absolute atomic E-state index is 14.9. The summed E-state index contributed by atoms with van der Waals surface area (Å²) in [5, 5.41) is 7.94. The first-order chi connectivity index (χ1) is 18.7. The first-order valence-corrected chi connectivity index (χ1v) is 12.9. The van der Waals surface area contributed by atoms with Crippen LogP contribution in [0.25, 0.3) is 10.2 Å². The summed E-state index contributed by atoms with van der Waals surface area (Å²) in [4.78, 5) is 40.9. The highest BCUT2D eigenvalue weighted by Crippen LogP contribution is 2.36. The molecule has 2 heterocycles. The molecular weight excluding hydrogens is 543 g/mol. The number of hydrogen-bond donors (Lipinski definition) is 3. The zero-order valence-corrected chi connectivity index (χ0v) is 22.5. The van der Waals surface area contributed by atoms with E-state index in [0.29, 0.717) is 26.5 Å². The Kier molecular flexibility index (Phi) is 8.79. The molecule has 39 heavy (non-hydrogen) atoms. The number of ether oxygens (including phenoxy) is 2. The average molecular weight is 567 g/mol. The number of esters is 1. The number of carbonyl (C=O) groups excluding carboxylic acids is 3. The van der Waals surface area contributed by atoms with Gasteiger partial charge in [-0.25, -0.2) is 9.18 Å². The van der Waals surface area contributed by atoms with Crippen LogP contribution >= 0.6 is 23.6 Å². The van der Waals surface area contributed by atoms with E-state index in [1.54, 1.807) is 18.2 Å². The van der Waals surface area contributed by atoms with Gasteiger partial charge in [0.1, 0.15) is 11.8 Å². The number of hydrogen-bond acceptors (Lipinski definition) is 8. The summed E-state index contributed by atoms with van der Waals surface area (Å²) >= 11 is 6.26. The standard InChI is InChI=1S/C27H23FN4O5S2/c1-15(26(35)36-2)30-25(34)22-14-19-24(39-22)21(10-11-29-19)37-20-9-8-17(13-18(20)28)31-27(38)32-23(33)12-16-6-4-3-5-7-16/h3-11,13-15H,12H2,1-2H3,(H,30,34)(H2,31,32,33,38). The molecule has 4 aromatic rings. The van der Waals surface area contributed by atoms with Gasteiger partial charge in [-0.05, 0) is 42.9 Å². The number of benzene rings is 2. The molecule has 4 rings (SSSR count). The van der Waals surface area contributed by atoms with Gasteiger partial charge in [0.2, 0.25) is 5.91 Å². The SMILES string of the molecule is COC(=O)C(C)NC(=O)c1cc2nccc(Oc3ccc(NC(=S)NC(=O)Cc4ccccc4)cc3F)c2s1. The third kappa shape index (κ3) is 7.12. The van der Waals surface area contributed by atoms with Gasteiger partial charge in [-0.1, -0.05) is 30.3 Å². The number of pyridine rings is 1. The van der Waals surface area contributed by atoms with Gasteiger partial charge in [0.25, 0.3) is 5.91 Å². The van der Waals surface area contributed by atoms with E-state index in [0.717, 1.165) is 16.9 Å². The highest BCUT2D eigenvalue weighted by atomic mass is 32.1. The van der Waals surface area contributed by atoms with Crippen molar-refractivity contribution in [2.45, 2.75) is 19.4 Å². The third-order valence-electron chi connectivity index (χ3n) is 5.37. The van der Waals surface area contributed by atoms with Crippen molar-refractivity contribution in [1.29, 1.82) is 0 Å². The van der Waals surface area contributed by atoms with Crippen LogP contribution in [0.4, 0.5) is 10.1 Å². The van der Waals surface area contributed by atoms with Crippen molar-refractivity contribution in [3.05, 3.63) is 83.1 Å². The zero-order valence-electron chi connectivity index (χ0n) is 20.8. The zero-order chi connectivity index (χ0) is 27.9. The number of aromatic nitrogens is 1. The van der Waals surface area contributed by atoms with Gasteiger partial charge in [-0.15, -0.1) is 11.3 Å². The number of thiophene rings is 1. The van der Waals surface area contributed by atoms with Crippen LogP contribution in [-0.2, 0) is 20.7 Å². The maximum Gasteiger partial charge on any atom is 0.328 e. The summed E-state index contributed by atoms with van der Waals surface area (Å²) in [5.41, 5.74) is 1.63. The van der Waals surface area contributed by atoms with Crippen molar-refractivity contribution in [2.24, 2.45) is 0 Å². The minimum atomic E-state index is -0.831. The molecule has 2 aromatic heterocycles. The first kappa shape index (κ1) is 27.6. The minimum Gasteiger partial charge on any atom is -0.467 e. The van der Waals surface area contributed by atoms with Crippen LogP contribution in [-0.4, -0.2) is 41.0 Å². The van der Waals surface area contributed by atoms with Gasteiger partial charge < -0.3 is 25.4 Å². The number of fused-ring (bicyclic) bond motifs is 1. The molecule has 0 saturated heterocycles. The Morgan fingerprint density at radius 2 is 1.85 bits per heavy atom.